The highest BCUT2D eigenvalue weighted by Crippen LogP contribution is 2.23. The minimum atomic E-state index is -2.13. The number of nitrogens with one attached hydrogen (secondary N) is 1. The van der Waals surface area contributed by atoms with Gasteiger partial charge in [-0.2, -0.15) is 4.36 Å². The van der Waals surface area contributed by atoms with E-state index in [1.54, 1.807) is 18.8 Å². The Kier molecular flexibility index (Phi) is 2.03. The standard InChI is InChI=1S/C9H11N3OS/c1-14(2,13)12-8-5-3-4-7-9(8)11-6-10-7/h3-6H,1-2H3,(H,10,11). The third-order valence-electron chi connectivity index (χ3n) is 1.75. The Bertz CT molecular complexity index is 571. The summed E-state index contributed by atoms with van der Waals surface area (Å²) in [6.07, 6.45) is 4.83. The number of benzene rings is 1. The number of H-pyrrole nitrogens is 1. The van der Waals surface area contributed by atoms with Gasteiger partial charge in [0.25, 0.3) is 0 Å². The van der Waals surface area contributed by atoms with E-state index in [9.17, 15) is 4.21 Å². The summed E-state index contributed by atoms with van der Waals surface area (Å²) in [6.45, 7) is 0. The van der Waals surface area contributed by atoms with E-state index in [1.165, 1.54) is 0 Å². The molecule has 2 aromatic rings. The lowest BCUT2D eigenvalue weighted by atomic mass is 10.3. The van der Waals surface area contributed by atoms with Crippen LogP contribution in [0.2, 0.25) is 0 Å². The molecule has 0 bridgehead atoms. The maximum absolute atomic E-state index is 11.5. The van der Waals surface area contributed by atoms with Gasteiger partial charge in [0.05, 0.1) is 11.8 Å². The van der Waals surface area contributed by atoms with E-state index in [-0.39, 0.29) is 0 Å². The molecule has 0 amide bonds. The lowest BCUT2D eigenvalue weighted by Crippen LogP contribution is -1.89. The van der Waals surface area contributed by atoms with Crippen molar-refractivity contribution in [2.24, 2.45) is 4.36 Å². The molecule has 0 aliphatic carbocycles. The van der Waals surface area contributed by atoms with Gasteiger partial charge in [-0.25, -0.2) is 9.19 Å². The highest BCUT2D eigenvalue weighted by atomic mass is 32.2. The van der Waals surface area contributed by atoms with Crippen molar-refractivity contribution in [1.29, 1.82) is 0 Å². The third-order valence-corrected chi connectivity index (χ3v) is 2.38. The number of nitrogens with zero attached hydrogens (tertiary/aromatic N) is 2. The van der Waals surface area contributed by atoms with Crippen LogP contribution in [0.1, 0.15) is 0 Å². The van der Waals surface area contributed by atoms with Crippen LogP contribution >= 0.6 is 0 Å². The quantitative estimate of drug-likeness (QED) is 0.780. The van der Waals surface area contributed by atoms with Gasteiger partial charge >= 0.3 is 0 Å². The largest absolute Gasteiger partial charge is 0.345 e. The average molecular weight is 209 g/mol. The fraction of sp³-hybridized carbons (Fsp3) is 0.222. The second-order valence-corrected chi connectivity index (χ2v) is 5.89. The normalized spacial score (nSPS) is 11.9. The Labute approximate surface area is 82.6 Å². The first-order valence-electron chi connectivity index (χ1n) is 4.15. The summed E-state index contributed by atoms with van der Waals surface area (Å²) < 4.78 is 15.7. The SMILES string of the molecule is CS(C)(=O)=Nc1cccc2[nH]cnc12. The summed E-state index contributed by atoms with van der Waals surface area (Å²) in [4.78, 5) is 7.11. The second-order valence-electron chi connectivity index (χ2n) is 3.35. The summed E-state index contributed by atoms with van der Waals surface area (Å²) >= 11 is 0. The number of imidazole rings is 1. The summed E-state index contributed by atoms with van der Waals surface area (Å²) in [5.41, 5.74) is 2.36. The van der Waals surface area contributed by atoms with Gasteiger partial charge in [0, 0.05) is 22.2 Å². The van der Waals surface area contributed by atoms with E-state index >= 15 is 0 Å². The summed E-state index contributed by atoms with van der Waals surface area (Å²) in [5, 5.41) is 0. The van der Waals surface area contributed by atoms with Crippen molar-refractivity contribution in [3.63, 3.8) is 0 Å². The maximum atomic E-state index is 11.5. The molecule has 4 nitrogen and oxygen atoms in total. The molecule has 0 saturated heterocycles. The molecular weight excluding hydrogens is 198 g/mol. The maximum Gasteiger partial charge on any atom is 0.115 e. The molecule has 5 heteroatoms. The van der Waals surface area contributed by atoms with Crippen molar-refractivity contribution >= 4 is 26.4 Å². The molecule has 0 unspecified atom stereocenters. The van der Waals surface area contributed by atoms with Crippen LogP contribution in [0.3, 0.4) is 0 Å². The number of aromatic nitrogens is 2. The van der Waals surface area contributed by atoms with E-state index in [0.717, 1.165) is 11.0 Å². The van der Waals surface area contributed by atoms with Gasteiger partial charge in [-0.15, -0.1) is 0 Å². The predicted molar refractivity (Wildman–Crippen MR) is 58.2 cm³/mol. The highest BCUT2D eigenvalue weighted by molar-refractivity contribution is 7.92. The zero-order valence-electron chi connectivity index (χ0n) is 8.02. The monoisotopic (exact) mass is 209 g/mol. The molecule has 1 N–H and O–H groups in total. The number of rotatable bonds is 1. The van der Waals surface area contributed by atoms with Crippen LogP contribution in [0.15, 0.2) is 28.9 Å². The average Bonchev–Trinajstić information content (AvgIpc) is 2.49. The Morgan fingerprint density at radius 2 is 2.21 bits per heavy atom. The van der Waals surface area contributed by atoms with Crippen molar-refractivity contribution in [2.75, 3.05) is 12.5 Å². The molecule has 14 heavy (non-hydrogen) atoms. The van der Waals surface area contributed by atoms with Crippen molar-refractivity contribution in [3.05, 3.63) is 24.5 Å². The van der Waals surface area contributed by atoms with Gasteiger partial charge in [-0.3, -0.25) is 0 Å². The van der Waals surface area contributed by atoms with Crippen molar-refractivity contribution in [3.8, 4) is 0 Å². The highest BCUT2D eigenvalue weighted by Gasteiger charge is 2.02. The van der Waals surface area contributed by atoms with Crippen LogP contribution in [-0.2, 0) is 9.73 Å². The molecule has 1 aromatic carbocycles. The Morgan fingerprint density at radius 1 is 1.43 bits per heavy atom. The van der Waals surface area contributed by atoms with Gasteiger partial charge in [0.1, 0.15) is 11.2 Å². The molecule has 2 rings (SSSR count). The van der Waals surface area contributed by atoms with Crippen molar-refractivity contribution < 1.29 is 4.21 Å². The van der Waals surface area contributed by atoms with E-state index in [2.05, 4.69) is 14.3 Å². The predicted octanol–water partition coefficient (Wildman–Crippen LogP) is 1.92. The number of fused-ring (bicyclic) bond motifs is 1. The molecule has 0 atom stereocenters. The van der Waals surface area contributed by atoms with Crippen molar-refractivity contribution in [2.45, 2.75) is 0 Å². The van der Waals surface area contributed by atoms with E-state index in [0.29, 0.717) is 5.69 Å². The van der Waals surface area contributed by atoms with Crippen LogP contribution in [0, 0.1) is 0 Å². The molecule has 74 valence electrons. The summed E-state index contributed by atoms with van der Waals surface area (Å²) in [6, 6.07) is 5.59. The number of para-hydroxylation sites is 1. The number of aromatic amines is 1. The molecule has 0 spiro atoms. The Balaban J connectivity index is 2.75. The Morgan fingerprint density at radius 3 is 2.93 bits per heavy atom. The minimum absolute atomic E-state index is 0.679. The zero-order chi connectivity index (χ0) is 10.2. The molecular formula is C9H11N3OS. The number of hydrogen-bond acceptors (Lipinski definition) is 3. The number of hydrogen-bond donors (Lipinski definition) is 1. The van der Waals surface area contributed by atoms with Crippen LogP contribution in [0.4, 0.5) is 5.69 Å². The third kappa shape index (κ3) is 1.77. The topological polar surface area (TPSA) is 58.1 Å². The van der Waals surface area contributed by atoms with Crippen LogP contribution < -0.4 is 0 Å². The second kappa shape index (κ2) is 3.09. The van der Waals surface area contributed by atoms with Crippen LogP contribution in [-0.4, -0.2) is 26.7 Å². The van der Waals surface area contributed by atoms with Gasteiger partial charge in [0.15, 0.2) is 0 Å². The molecule has 1 aromatic heterocycles. The van der Waals surface area contributed by atoms with Crippen molar-refractivity contribution in [1.82, 2.24) is 9.97 Å². The lowest BCUT2D eigenvalue weighted by molar-refractivity contribution is 0.684. The lowest BCUT2D eigenvalue weighted by Gasteiger charge is -1.97. The molecule has 0 aliphatic rings. The fourth-order valence-electron chi connectivity index (χ4n) is 1.26. The first-order valence-corrected chi connectivity index (χ1v) is 6.49. The first kappa shape index (κ1) is 9.21. The van der Waals surface area contributed by atoms with Gasteiger partial charge in [-0.1, -0.05) is 6.07 Å². The van der Waals surface area contributed by atoms with Gasteiger partial charge in [-0.05, 0) is 12.1 Å². The fourth-order valence-corrected chi connectivity index (χ4v) is 1.88. The zero-order valence-corrected chi connectivity index (χ0v) is 8.84. The van der Waals surface area contributed by atoms with E-state index < -0.39 is 9.73 Å². The van der Waals surface area contributed by atoms with E-state index in [4.69, 9.17) is 0 Å². The smallest absolute Gasteiger partial charge is 0.115 e. The summed E-state index contributed by atoms with van der Waals surface area (Å²) in [7, 11) is -2.13. The van der Waals surface area contributed by atoms with Crippen LogP contribution in [0.5, 0.6) is 0 Å². The minimum Gasteiger partial charge on any atom is -0.345 e. The van der Waals surface area contributed by atoms with E-state index in [1.807, 2.05) is 18.2 Å². The van der Waals surface area contributed by atoms with Gasteiger partial charge in [0.2, 0.25) is 0 Å². The molecule has 0 radical (unpaired) electrons. The molecule has 0 aliphatic heterocycles. The molecule has 0 saturated carbocycles. The van der Waals surface area contributed by atoms with Gasteiger partial charge < -0.3 is 4.98 Å². The Hall–Kier alpha value is -1.36. The first-order chi connectivity index (χ1) is 6.56. The summed E-state index contributed by atoms with van der Waals surface area (Å²) in [5.74, 6) is 0. The molecule has 1 heterocycles. The van der Waals surface area contributed by atoms with Crippen LogP contribution in [0.25, 0.3) is 11.0 Å². The molecule has 0 fully saturated rings.